The molecule has 86 valence electrons. The van der Waals surface area contributed by atoms with E-state index in [2.05, 4.69) is 0 Å². The smallest absolute Gasteiger partial charge is 0.326 e. The highest BCUT2D eigenvalue weighted by Crippen LogP contribution is 2.26. The lowest BCUT2D eigenvalue weighted by Crippen LogP contribution is -2.44. The van der Waals surface area contributed by atoms with Crippen LogP contribution in [-0.4, -0.2) is 35.0 Å². The first kappa shape index (κ1) is 12.0. The standard InChI is InChI=1S/C11H19NO3/c1-3-9(11(14)15)12(2)10(13)8-6-4-5-7-8/h8-9H,3-7H2,1-2H3,(H,14,15). The summed E-state index contributed by atoms with van der Waals surface area (Å²) in [7, 11) is 1.60. The van der Waals surface area contributed by atoms with E-state index in [1.54, 1.807) is 14.0 Å². The molecule has 0 radical (unpaired) electrons. The average Bonchev–Trinajstić information content (AvgIpc) is 2.69. The van der Waals surface area contributed by atoms with Crippen LogP contribution in [0.5, 0.6) is 0 Å². The molecule has 1 aliphatic rings. The molecule has 1 N–H and O–H groups in total. The Bertz CT molecular complexity index is 246. The van der Waals surface area contributed by atoms with Crippen LogP contribution >= 0.6 is 0 Å². The Hall–Kier alpha value is -1.06. The van der Waals surface area contributed by atoms with Gasteiger partial charge in [-0.2, -0.15) is 0 Å². The van der Waals surface area contributed by atoms with Gasteiger partial charge in [-0.25, -0.2) is 4.79 Å². The number of carboxylic acids is 1. The minimum atomic E-state index is -0.911. The normalized spacial score (nSPS) is 18.8. The van der Waals surface area contributed by atoms with Crippen molar-refractivity contribution in [3.8, 4) is 0 Å². The third-order valence-electron chi connectivity index (χ3n) is 3.19. The fraction of sp³-hybridized carbons (Fsp3) is 0.818. The van der Waals surface area contributed by atoms with E-state index in [0.717, 1.165) is 25.7 Å². The zero-order valence-electron chi connectivity index (χ0n) is 9.40. The van der Waals surface area contributed by atoms with E-state index < -0.39 is 12.0 Å². The van der Waals surface area contributed by atoms with Crippen molar-refractivity contribution < 1.29 is 14.7 Å². The molecule has 1 saturated carbocycles. The molecule has 1 aliphatic carbocycles. The Morgan fingerprint density at radius 2 is 1.93 bits per heavy atom. The number of hydrogen-bond donors (Lipinski definition) is 1. The molecule has 4 nitrogen and oxygen atoms in total. The van der Waals surface area contributed by atoms with Crippen LogP contribution in [0.15, 0.2) is 0 Å². The van der Waals surface area contributed by atoms with Crippen LogP contribution in [0, 0.1) is 5.92 Å². The van der Waals surface area contributed by atoms with Gasteiger partial charge < -0.3 is 10.0 Å². The van der Waals surface area contributed by atoms with Crippen LogP contribution in [-0.2, 0) is 9.59 Å². The molecule has 0 spiro atoms. The Balaban J connectivity index is 2.60. The van der Waals surface area contributed by atoms with E-state index in [0.29, 0.717) is 6.42 Å². The lowest BCUT2D eigenvalue weighted by atomic mass is 10.1. The molecule has 0 aromatic rings. The highest BCUT2D eigenvalue weighted by Gasteiger charge is 2.31. The van der Waals surface area contributed by atoms with Crippen molar-refractivity contribution in [3.63, 3.8) is 0 Å². The van der Waals surface area contributed by atoms with Crippen LogP contribution in [0.1, 0.15) is 39.0 Å². The summed E-state index contributed by atoms with van der Waals surface area (Å²) in [4.78, 5) is 24.2. The maximum atomic E-state index is 11.9. The quantitative estimate of drug-likeness (QED) is 0.769. The van der Waals surface area contributed by atoms with Crippen LogP contribution in [0.3, 0.4) is 0 Å². The number of nitrogens with zero attached hydrogens (tertiary/aromatic N) is 1. The molecule has 1 unspecified atom stereocenters. The summed E-state index contributed by atoms with van der Waals surface area (Å²) in [5, 5.41) is 8.94. The van der Waals surface area contributed by atoms with Gasteiger partial charge in [0.15, 0.2) is 0 Å². The summed E-state index contributed by atoms with van der Waals surface area (Å²) in [5.74, 6) is -0.850. The van der Waals surface area contributed by atoms with Gasteiger partial charge in [0.25, 0.3) is 0 Å². The second kappa shape index (κ2) is 5.14. The monoisotopic (exact) mass is 213 g/mol. The third-order valence-corrected chi connectivity index (χ3v) is 3.19. The Morgan fingerprint density at radius 3 is 2.33 bits per heavy atom. The fourth-order valence-corrected chi connectivity index (χ4v) is 2.23. The van der Waals surface area contributed by atoms with Gasteiger partial charge in [0.05, 0.1) is 0 Å². The minimum absolute atomic E-state index is 0.00162. The number of hydrogen-bond acceptors (Lipinski definition) is 2. The summed E-state index contributed by atoms with van der Waals surface area (Å²) in [5.41, 5.74) is 0. The number of carbonyl (C=O) groups is 2. The molecule has 15 heavy (non-hydrogen) atoms. The lowest BCUT2D eigenvalue weighted by Gasteiger charge is -2.26. The van der Waals surface area contributed by atoms with Crippen LogP contribution in [0.25, 0.3) is 0 Å². The van der Waals surface area contributed by atoms with E-state index in [9.17, 15) is 9.59 Å². The summed E-state index contributed by atoms with van der Waals surface area (Å²) in [6.45, 7) is 1.79. The number of carbonyl (C=O) groups excluding carboxylic acids is 1. The van der Waals surface area contributed by atoms with Crippen LogP contribution in [0.2, 0.25) is 0 Å². The summed E-state index contributed by atoms with van der Waals surface area (Å²) >= 11 is 0. The molecule has 0 bridgehead atoms. The summed E-state index contributed by atoms with van der Waals surface area (Å²) in [6, 6.07) is -0.668. The average molecular weight is 213 g/mol. The van der Waals surface area contributed by atoms with Crippen molar-refractivity contribution in [2.45, 2.75) is 45.1 Å². The summed E-state index contributed by atoms with van der Waals surface area (Å²) < 4.78 is 0. The highest BCUT2D eigenvalue weighted by molar-refractivity contribution is 5.84. The van der Waals surface area contributed by atoms with E-state index >= 15 is 0 Å². The number of aliphatic carboxylic acids is 1. The van der Waals surface area contributed by atoms with Gasteiger partial charge in [0.2, 0.25) is 5.91 Å². The number of rotatable bonds is 4. The van der Waals surface area contributed by atoms with Crippen LogP contribution < -0.4 is 0 Å². The van der Waals surface area contributed by atoms with Crippen molar-refractivity contribution in [2.24, 2.45) is 5.92 Å². The molecule has 0 saturated heterocycles. The van der Waals surface area contributed by atoms with Crippen molar-refractivity contribution >= 4 is 11.9 Å². The van der Waals surface area contributed by atoms with Crippen molar-refractivity contribution in [3.05, 3.63) is 0 Å². The zero-order valence-corrected chi connectivity index (χ0v) is 9.40. The molecule has 1 fully saturated rings. The Labute approximate surface area is 90.3 Å². The van der Waals surface area contributed by atoms with Gasteiger partial charge in [0, 0.05) is 13.0 Å². The maximum Gasteiger partial charge on any atom is 0.326 e. The molecule has 0 heterocycles. The van der Waals surface area contributed by atoms with Crippen molar-refractivity contribution in [2.75, 3.05) is 7.05 Å². The van der Waals surface area contributed by atoms with Gasteiger partial charge in [-0.3, -0.25) is 4.79 Å². The molecule has 1 atom stereocenters. The highest BCUT2D eigenvalue weighted by atomic mass is 16.4. The zero-order chi connectivity index (χ0) is 11.4. The van der Waals surface area contributed by atoms with Gasteiger partial charge >= 0.3 is 5.97 Å². The van der Waals surface area contributed by atoms with Crippen molar-refractivity contribution in [1.82, 2.24) is 4.90 Å². The second-order valence-electron chi connectivity index (χ2n) is 4.19. The molecule has 4 heteroatoms. The first-order valence-electron chi connectivity index (χ1n) is 5.57. The van der Waals surface area contributed by atoms with E-state index in [1.807, 2.05) is 0 Å². The maximum absolute atomic E-state index is 11.9. The van der Waals surface area contributed by atoms with E-state index in [1.165, 1.54) is 4.90 Å². The molecule has 0 aromatic carbocycles. The van der Waals surface area contributed by atoms with Gasteiger partial charge in [-0.05, 0) is 19.3 Å². The first-order valence-corrected chi connectivity index (χ1v) is 5.57. The fourth-order valence-electron chi connectivity index (χ4n) is 2.23. The minimum Gasteiger partial charge on any atom is -0.480 e. The molecule has 0 aliphatic heterocycles. The second-order valence-corrected chi connectivity index (χ2v) is 4.19. The Morgan fingerprint density at radius 1 is 1.40 bits per heavy atom. The van der Waals surface area contributed by atoms with Gasteiger partial charge in [0.1, 0.15) is 6.04 Å². The molecular formula is C11H19NO3. The Kier molecular flexibility index (Phi) is 4.12. The molecule has 1 amide bonds. The third kappa shape index (κ3) is 2.70. The molecule has 0 aromatic heterocycles. The number of likely N-dealkylation sites (N-methyl/N-ethyl adjacent to an activating group) is 1. The van der Waals surface area contributed by atoms with Gasteiger partial charge in [-0.15, -0.1) is 0 Å². The SMILES string of the molecule is CCC(C(=O)O)N(C)C(=O)C1CCCC1. The number of amides is 1. The summed E-state index contributed by atoms with van der Waals surface area (Å²) in [6.07, 6.45) is 4.48. The van der Waals surface area contributed by atoms with E-state index in [-0.39, 0.29) is 11.8 Å². The largest absolute Gasteiger partial charge is 0.480 e. The van der Waals surface area contributed by atoms with E-state index in [4.69, 9.17) is 5.11 Å². The lowest BCUT2D eigenvalue weighted by molar-refractivity contribution is -0.150. The van der Waals surface area contributed by atoms with Gasteiger partial charge in [-0.1, -0.05) is 19.8 Å². The predicted octanol–water partition coefficient (Wildman–Crippen LogP) is 1.50. The van der Waals surface area contributed by atoms with Crippen molar-refractivity contribution in [1.29, 1.82) is 0 Å². The first-order chi connectivity index (χ1) is 7.07. The molecular weight excluding hydrogens is 194 g/mol. The predicted molar refractivity (Wildman–Crippen MR) is 56.4 cm³/mol. The topological polar surface area (TPSA) is 57.6 Å². The van der Waals surface area contributed by atoms with Crippen LogP contribution in [0.4, 0.5) is 0 Å². The molecule has 1 rings (SSSR count). The number of carboxylic acid groups (broad SMARTS) is 1.